The maximum Gasteiger partial charge on any atom is 0.0600 e. The number of hydrogen-bond donors (Lipinski definition) is 2. The van der Waals surface area contributed by atoms with Crippen LogP contribution in [0.2, 0.25) is 0 Å². The van der Waals surface area contributed by atoms with Crippen molar-refractivity contribution in [2.75, 3.05) is 23.7 Å². The average molecular weight is 205 g/mol. The molecular formula is C12H19N3. The number of piperidine rings is 1. The predicted octanol–water partition coefficient (Wildman–Crippen LogP) is 1.72. The smallest absolute Gasteiger partial charge is 0.0600 e. The van der Waals surface area contributed by atoms with Gasteiger partial charge in [0.05, 0.1) is 11.4 Å². The van der Waals surface area contributed by atoms with E-state index in [-0.39, 0.29) is 0 Å². The summed E-state index contributed by atoms with van der Waals surface area (Å²) in [5.74, 6) is 0. The first-order valence-electron chi connectivity index (χ1n) is 5.64. The fourth-order valence-corrected chi connectivity index (χ4v) is 2.15. The summed E-state index contributed by atoms with van der Waals surface area (Å²) in [5, 5.41) is 0. The monoisotopic (exact) mass is 205 g/mol. The molecule has 1 saturated heterocycles. The van der Waals surface area contributed by atoms with Gasteiger partial charge in [-0.2, -0.15) is 0 Å². The normalized spacial score (nSPS) is 16.7. The molecule has 4 N–H and O–H groups in total. The molecule has 0 spiro atoms. The molecule has 0 saturated carbocycles. The van der Waals surface area contributed by atoms with Crippen LogP contribution in [0.5, 0.6) is 0 Å². The van der Waals surface area contributed by atoms with Gasteiger partial charge in [0, 0.05) is 19.6 Å². The summed E-state index contributed by atoms with van der Waals surface area (Å²) in [5.41, 5.74) is 14.7. The zero-order chi connectivity index (χ0) is 10.7. The van der Waals surface area contributed by atoms with Crippen LogP contribution in [0.1, 0.15) is 24.8 Å². The molecule has 1 heterocycles. The Balaban J connectivity index is 2.19. The van der Waals surface area contributed by atoms with E-state index in [1.165, 1.54) is 24.9 Å². The van der Waals surface area contributed by atoms with Gasteiger partial charge >= 0.3 is 0 Å². The van der Waals surface area contributed by atoms with Crippen molar-refractivity contribution in [2.24, 2.45) is 5.73 Å². The maximum absolute atomic E-state index is 6.03. The zero-order valence-corrected chi connectivity index (χ0v) is 9.08. The van der Waals surface area contributed by atoms with Gasteiger partial charge in [0.1, 0.15) is 0 Å². The van der Waals surface area contributed by atoms with Gasteiger partial charge in [0.25, 0.3) is 0 Å². The number of nitrogens with two attached hydrogens (primary N) is 2. The minimum Gasteiger partial charge on any atom is -0.397 e. The second-order valence-electron chi connectivity index (χ2n) is 4.15. The van der Waals surface area contributed by atoms with Crippen LogP contribution in [-0.4, -0.2) is 13.1 Å². The molecule has 3 heteroatoms. The second kappa shape index (κ2) is 4.53. The van der Waals surface area contributed by atoms with E-state index in [2.05, 4.69) is 17.0 Å². The lowest BCUT2D eigenvalue weighted by molar-refractivity contribution is 0.578. The molecule has 0 aromatic heterocycles. The first kappa shape index (κ1) is 10.3. The van der Waals surface area contributed by atoms with Crippen molar-refractivity contribution in [2.45, 2.75) is 25.8 Å². The third-order valence-corrected chi connectivity index (χ3v) is 3.02. The van der Waals surface area contributed by atoms with Crippen LogP contribution in [0.25, 0.3) is 0 Å². The highest BCUT2D eigenvalue weighted by Crippen LogP contribution is 2.26. The Kier molecular flexibility index (Phi) is 3.11. The van der Waals surface area contributed by atoms with E-state index < -0.39 is 0 Å². The molecule has 1 aromatic carbocycles. The van der Waals surface area contributed by atoms with Crippen molar-refractivity contribution in [1.82, 2.24) is 0 Å². The minimum absolute atomic E-state index is 0.560. The molecule has 15 heavy (non-hydrogen) atoms. The fraction of sp³-hybridized carbons (Fsp3) is 0.500. The number of rotatable bonds is 2. The lowest BCUT2D eigenvalue weighted by Gasteiger charge is -2.30. The highest BCUT2D eigenvalue weighted by Gasteiger charge is 2.13. The van der Waals surface area contributed by atoms with Gasteiger partial charge in [-0.3, -0.25) is 0 Å². The first-order valence-corrected chi connectivity index (χ1v) is 5.64. The first-order chi connectivity index (χ1) is 7.31. The van der Waals surface area contributed by atoms with Crippen molar-refractivity contribution in [3.05, 3.63) is 23.8 Å². The van der Waals surface area contributed by atoms with Crippen molar-refractivity contribution in [3.63, 3.8) is 0 Å². The lowest BCUT2D eigenvalue weighted by Crippen LogP contribution is -2.30. The molecule has 1 aliphatic heterocycles. The Hall–Kier alpha value is -1.22. The fourth-order valence-electron chi connectivity index (χ4n) is 2.15. The van der Waals surface area contributed by atoms with Gasteiger partial charge in [-0.05, 0) is 37.0 Å². The molecule has 0 unspecified atom stereocenters. The topological polar surface area (TPSA) is 55.3 Å². The molecule has 1 fully saturated rings. The van der Waals surface area contributed by atoms with Crippen molar-refractivity contribution >= 4 is 11.4 Å². The molecular weight excluding hydrogens is 186 g/mol. The molecule has 82 valence electrons. The van der Waals surface area contributed by atoms with E-state index >= 15 is 0 Å². The Labute approximate surface area is 91.1 Å². The second-order valence-corrected chi connectivity index (χ2v) is 4.15. The molecule has 0 radical (unpaired) electrons. The third-order valence-electron chi connectivity index (χ3n) is 3.02. The third kappa shape index (κ3) is 2.23. The van der Waals surface area contributed by atoms with Gasteiger partial charge < -0.3 is 16.4 Å². The lowest BCUT2D eigenvalue weighted by atomic mass is 10.1. The molecule has 0 bridgehead atoms. The van der Waals surface area contributed by atoms with E-state index in [0.29, 0.717) is 6.54 Å². The van der Waals surface area contributed by atoms with Crippen LogP contribution in [0.3, 0.4) is 0 Å². The SMILES string of the molecule is NCc1ccc(N2CCCCC2)c(N)c1. The molecule has 1 aliphatic rings. The molecule has 2 rings (SSSR count). The summed E-state index contributed by atoms with van der Waals surface area (Å²) in [6.07, 6.45) is 3.90. The molecule has 0 aliphatic carbocycles. The van der Waals surface area contributed by atoms with Gasteiger partial charge in [0.2, 0.25) is 0 Å². The molecule has 0 amide bonds. The van der Waals surface area contributed by atoms with Crippen molar-refractivity contribution < 1.29 is 0 Å². The van der Waals surface area contributed by atoms with Crippen LogP contribution in [0, 0.1) is 0 Å². The van der Waals surface area contributed by atoms with Gasteiger partial charge in [0.15, 0.2) is 0 Å². The van der Waals surface area contributed by atoms with Crippen molar-refractivity contribution in [1.29, 1.82) is 0 Å². The average Bonchev–Trinajstić information content (AvgIpc) is 2.30. The molecule has 3 nitrogen and oxygen atoms in total. The minimum atomic E-state index is 0.560. The van der Waals surface area contributed by atoms with Gasteiger partial charge in [-0.25, -0.2) is 0 Å². The van der Waals surface area contributed by atoms with Crippen molar-refractivity contribution in [3.8, 4) is 0 Å². The highest BCUT2D eigenvalue weighted by molar-refractivity contribution is 5.68. The summed E-state index contributed by atoms with van der Waals surface area (Å²) < 4.78 is 0. The van der Waals surface area contributed by atoms with E-state index in [1.54, 1.807) is 0 Å². The Morgan fingerprint density at radius 3 is 2.47 bits per heavy atom. The van der Waals surface area contributed by atoms with Crippen LogP contribution in [-0.2, 0) is 6.54 Å². The van der Waals surface area contributed by atoms with Crippen LogP contribution < -0.4 is 16.4 Å². The summed E-state index contributed by atoms with van der Waals surface area (Å²) in [4.78, 5) is 2.37. The number of nitrogen functional groups attached to an aromatic ring is 1. The van der Waals surface area contributed by atoms with Crippen LogP contribution >= 0.6 is 0 Å². The standard InChI is InChI=1S/C12H19N3/c13-9-10-4-5-12(11(14)8-10)15-6-2-1-3-7-15/h4-5,8H,1-3,6-7,9,13-14H2. The van der Waals surface area contributed by atoms with E-state index in [1.807, 2.05) is 6.07 Å². The number of benzene rings is 1. The maximum atomic E-state index is 6.03. The Morgan fingerprint density at radius 2 is 1.87 bits per heavy atom. The Bertz CT molecular complexity index is 330. The zero-order valence-electron chi connectivity index (χ0n) is 9.08. The summed E-state index contributed by atoms with van der Waals surface area (Å²) >= 11 is 0. The molecule has 0 atom stereocenters. The van der Waals surface area contributed by atoms with Crippen LogP contribution in [0.15, 0.2) is 18.2 Å². The predicted molar refractivity (Wildman–Crippen MR) is 64.8 cm³/mol. The largest absolute Gasteiger partial charge is 0.397 e. The van der Waals surface area contributed by atoms with E-state index in [4.69, 9.17) is 11.5 Å². The number of hydrogen-bond acceptors (Lipinski definition) is 3. The highest BCUT2D eigenvalue weighted by atomic mass is 15.1. The van der Waals surface area contributed by atoms with Gasteiger partial charge in [-0.15, -0.1) is 0 Å². The number of anilines is 2. The summed E-state index contributed by atoms with van der Waals surface area (Å²) in [6, 6.07) is 6.16. The Morgan fingerprint density at radius 1 is 1.13 bits per heavy atom. The van der Waals surface area contributed by atoms with Crippen LogP contribution in [0.4, 0.5) is 11.4 Å². The number of nitrogens with zero attached hydrogens (tertiary/aromatic N) is 1. The van der Waals surface area contributed by atoms with E-state index in [0.717, 1.165) is 24.3 Å². The summed E-state index contributed by atoms with van der Waals surface area (Å²) in [7, 11) is 0. The van der Waals surface area contributed by atoms with Gasteiger partial charge in [-0.1, -0.05) is 6.07 Å². The summed E-state index contributed by atoms with van der Waals surface area (Å²) in [6.45, 7) is 2.82. The molecule has 1 aromatic rings. The van der Waals surface area contributed by atoms with E-state index in [9.17, 15) is 0 Å². The quantitative estimate of drug-likeness (QED) is 0.723.